The van der Waals surface area contributed by atoms with Crippen molar-refractivity contribution in [2.75, 3.05) is 10.8 Å². The number of amides is 1. The van der Waals surface area contributed by atoms with Crippen LogP contribution in [0.15, 0.2) is 51.8 Å². The zero-order valence-corrected chi connectivity index (χ0v) is 15.5. The number of anilines is 1. The predicted octanol–water partition coefficient (Wildman–Crippen LogP) is 3.44. The lowest BCUT2D eigenvalue weighted by atomic mass is 10.3. The fraction of sp³-hybridized carbons (Fsp3) is 0.0714. The topological polar surface area (TPSA) is 80.5 Å². The Balaban J connectivity index is 2.60. The van der Waals surface area contributed by atoms with Crippen molar-refractivity contribution in [3.63, 3.8) is 0 Å². The zero-order chi connectivity index (χ0) is 17.2. The van der Waals surface area contributed by atoms with Gasteiger partial charge in [0.1, 0.15) is 6.54 Å². The summed E-state index contributed by atoms with van der Waals surface area (Å²) in [6.07, 6.45) is 0. The molecule has 0 heterocycles. The van der Waals surface area contributed by atoms with Crippen LogP contribution in [0.25, 0.3) is 0 Å². The summed E-state index contributed by atoms with van der Waals surface area (Å²) in [5.41, 5.74) is 5.27. The van der Waals surface area contributed by atoms with Crippen molar-refractivity contribution in [3.8, 4) is 0 Å². The molecule has 2 aromatic carbocycles. The quantitative estimate of drug-likeness (QED) is 0.777. The van der Waals surface area contributed by atoms with Crippen LogP contribution in [0.1, 0.15) is 0 Å². The number of hydrogen-bond acceptors (Lipinski definition) is 3. The highest BCUT2D eigenvalue weighted by molar-refractivity contribution is 9.10. The van der Waals surface area contributed by atoms with Crippen molar-refractivity contribution >= 4 is 60.7 Å². The molecule has 0 bridgehead atoms. The van der Waals surface area contributed by atoms with Gasteiger partial charge in [-0.3, -0.25) is 9.10 Å². The van der Waals surface area contributed by atoms with E-state index >= 15 is 0 Å². The van der Waals surface area contributed by atoms with Crippen LogP contribution in [-0.4, -0.2) is 20.9 Å². The molecule has 2 N–H and O–H groups in total. The number of nitrogens with two attached hydrogens (primary N) is 1. The van der Waals surface area contributed by atoms with Crippen molar-refractivity contribution in [2.24, 2.45) is 5.73 Å². The molecule has 0 aliphatic heterocycles. The molecule has 0 fully saturated rings. The Morgan fingerprint density at radius 2 is 1.74 bits per heavy atom. The van der Waals surface area contributed by atoms with Crippen LogP contribution in [0.2, 0.25) is 10.0 Å². The zero-order valence-electron chi connectivity index (χ0n) is 11.5. The van der Waals surface area contributed by atoms with E-state index in [2.05, 4.69) is 15.9 Å². The minimum Gasteiger partial charge on any atom is -0.368 e. The van der Waals surface area contributed by atoms with Gasteiger partial charge in [-0.25, -0.2) is 8.42 Å². The number of halogens is 3. The molecule has 1 amide bonds. The molecule has 23 heavy (non-hydrogen) atoms. The van der Waals surface area contributed by atoms with Crippen LogP contribution in [-0.2, 0) is 14.8 Å². The first-order chi connectivity index (χ1) is 10.7. The number of carbonyl (C=O) groups excluding carboxylic acids is 1. The summed E-state index contributed by atoms with van der Waals surface area (Å²) in [6.45, 7) is -0.557. The van der Waals surface area contributed by atoms with Gasteiger partial charge >= 0.3 is 0 Å². The summed E-state index contributed by atoms with van der Waals surface area (Å²) in [5, 5.41) is 0.418. The van der Waals surface area contributed by atoms with Gasteiger partial charge in [0.05, 0.1) is 15.6 Å². The third kappa shape index (κ3) is 4.17. The number of primary amides is 1. The van der Waals surface area contributed by atoms with Crippen LogP contribution in [0.5, 0.6) is 0 Å². The van der Waals surface area contributed by atoms with E-state index in [0.29, 0.717) is 0 Å². The average molecular weight is 438 g/mol. The fourth-order valence-corrected chi connectivity index (χ4v) is 3.99. The maximum absolute atomic E-state index is 12.8. The standard InChI is InChI=1S/C14H11BrCl2N2O3S/c15-9-1-4-11(5-2-9)23(21,22)19(8-14(18)20)13-7-10(16)3-6-12(13)17/h1-7H,8H2,(H2,18,20). The van der Waals surface area contributed by atoms with E-state index in [1.807, 2.05) is 0 Å². The highest BCUT2D eigenvalue weighted by Gasteiger charge is 2.28. The Hall–Kier alpha value is -1.28. The maximum Gasteiger partial charge on any atom is 0.264 e. The molecular formula is C14H11BrCl2N2O3S. The van der Waals surface area contributed by atoms with E-state index in [-0.39, 0.29) is 20.6 Å². The number of benzene rings is 2. The van der Waals surface area contributed by atoms with E-state index in [1.54, 1.807) is 12.1 Å². The molecule has 5 nitrogen and oxygen atoms in total. The van der Waals surface area contributed by atoms with Gasteiger partial charge in [0.2, 0.25) is 5.91 Å². The first kappa shape index (κ1) is 18.1. The highest BCUT2D eigenvalue weighted by atomic mass is 79.9. The third-order valence-corrected chi connectivity index (χ3v) is 5.74. The van der Waals surface area contributed by atoms with Crippen LogP contribution >= 0.6 is 39.1 Å². The summed E-state index contributed by atoms with van der Waals surface area (Å²) >= 11 is 15.2. The maximum atomic E-state index is 12.8. The summed E-state index contributed by atoms with van der Waals surface area (Å²) in [6, 6.07) is 10.3. The fourth-order valence-electron chi connectivity index (χ4n) is 1.85. The predicted molar refractivity (Wildman–Crippen MR) is 94.3 cm³/mol. The Morgan fingerprint density at radius 3 is 2.30 bits per heavy atom. The molecular weight excluding hydrogens is 427 g/mol. The molecule has 0 aliphatic rings. The molecule has 0 atom stereocenters. The Kier molecular flexibility index (Phi) is 5.57. The smallest absolute Gasteiger partial charge is 0.264 e. The van der Waals surface area contributed by atoms with Crippen molar-refractivity contribution in [2.45, 2.75) is 4.90 Å². The number of carbonyl (C=O) groups is 1. The van der Waals surface area contributed by atoms with Crippen LogP contribution in [0.4, 0.5) is 5.69 Å². The summed E-state index contributed by atoms with van der Waals surface area (Å²) < 4.78 is 27.2. The Bertz CT molecular complexity index is 842. The number of rotatable bonds is 5. The Labute approximate surface area is 152 Å². The molecule has 122 valence electrons. The lowest BCUT2D eigenvalue weighted by Gasteiger charge is -2.24. The second-order valence-electron chi connectivity index (χ2n) is 4.53. The number of sulfonamides is 1. The second kappa shape index (κ2) is 7.09. The van der Waals surface area contributed by atoms with Crippen LogP contribution in [0.3, 0.4) is 0 Å². The average Bonchev–Trinajstić information content (AvgIpc) is 2.47. The summed E-state index contributed by atoms with van der Waals surface area (Å²) in [7, 11) is -4.04. The van der Waals surface area contributed by atoms with Crippen molar-refractivity contribution in [1.82, 2.24) is 0 Å². The number of nitrogens with zero attached hydrogens (tertiary/aromatic N) is 1. The largest absolute Gasteiger partial charge is 0.368 e. The van der Waals surface area contributed by atoms with Gasteiger partial charge < -0.3 is 5.73 Å². The van der Waals surface area contributed by atoms with E-state index < -0.39 is 22.5 Å². The van der Waals surface area contributed by atoms with E-state index in [9.17, 15) is 13.2 Å². The molecule has 0 saturated heterocycles. The first-order valence-corrected chi connectivity index (χ1v) is 9.22. The normalized spacial score (nSPS) is 11.3. The third-order valence-electron chi connectivity index (χ3n) is 2.88. The SMILES string of the molecule is NC(=O)CN(c1cc(Cl)ccc1Cl)S(=O)(=O)c1ccc(Br)cc1. The van der Waals surface area contributed by atoms with Crippen LogP contribution in [0, 0.1) is 0 Å². The van der Waals surface area contributed by atoms with E-state index in [1.165, 1.54) is 30.3 Å². The molecule has 0 unspecified atom stereocenters. The van der Waals surface area contributed by atoms with E-state index in [4.69, 9.17) is 28.9 Å². The van der Waals surface area contributed by atoms with Gasteiger partial charge in [-0.1, -0.05) is 39.1 Å². The lowest BCUT2D eigenvalue weighted by Crippen LogP contribution is -2.38. The molecule has 0 saturated carbocycles. The lowest BCUT2D eigenvalue weighted by molar-refractivity contribution is -0.116. The number of hydrogen-bond donors (Lipinski definition) is 1. The van der Waals surface area contributed by atoms with Gasteiger partial charge in [-0.2, -0.15) is 0 Å². The van der Waals surface area contributed by atoms with Crippen LogP contribution < -0.4 is 10.0 Å². The minimum absolute atomic E-state index is 0.00186. The van der Waals surface area contributed by atoms with Gasteiger partial charge in [0.15, 0.2) is 0 Å². The van der Waals surface area contributed by atoms with E-state index in [0.717, 1.165) is 8.78 Å². The molecule has 2 aromatic rings. The van der Waals surface area contributed by atoms with Gasteiger partial charge in [-0.15, -0.1) is 0 Å². The molecule has 0 aliphatic carbocycles. The molecule has 9 heteroatoms. The highest BCUT2D eigenvalue weighted by Crippen LogP contribution is 2.33. The minimum atomic E-state index is -4.04. The summed E-state index contributed by atoms with van der Waals surface area (Å²) in [4.78, 5) is 11.3. The monoisotopic (exact) mass is 436 g/mol. The second-order valence-corrected chi connectivity index (χ2v) is 8.15. The Morgan fingerprint density at radius 1 is 1.13 bits per heavy atom. The van der Waals surface area contributed by atoms with Crippen molar-refractivity contribution < 1.29 is 13.2 Å². The summed E-state index contributed by atoms with van der Waals surface area (Å²) in [5.74, 6) is -0.818. The van der Waals surface area contributed by atoms with Gasteiger partial charge in [0.25, 0.3) is 10.0 Å². The molecule has 2 rings (SSSR count). The van der Waals surface area contributed by atoms with Gasteiger partial charge in [-0.05, 0) is 42.5 Å². The molecule has 0 aromatic heterocycles. The van der Waals surface area contributed by atoms with Gasteiger partial charge in [0, 0.05) is 9.50 Å². The molecule has 0 spiro atoms. The molecule has 0 radical (unpaired) electrons. The van der Waals surface area contributed by atoms with Crippen molar-refractivity contribution in [1.29, 1.82) is 0 Å². The first-order valence-electron chi connectivity index (χ1n) is 6.23. The van der Waals surface area contributed by atoms with Crippen molar-refractivity contribution in [3.05, 3.63) is 57.0 Å².